The molecule has 0 heterocycles. The third-order valence-corrected chi connectivity index (χ3v) is 2.46. The largest absolute Gasteiger partial charge is 0.380 e. The average Bonchev–Trinajstić information content (AvgIpc) is 2.08. The Labute approximate surface area is 117 Å². The minimum atomic E-state index is -0.206. The van der Waals surface area contributed by atoms with E-state index in [0.29, 0.717) is 13.0 Å². The molecule has 0 aromatic heterocycles. The zero-order valence-electron chi connectivity index (χ0n) is 12.5. The first kappa shape index (κ1) is 20.0. The van der Waals surface area contributed by atoms with Crippen molar-refractivity contribution >= 4 is 18.3 Å². The summed E-state index contributed by atoms with van der Waals surface area (Å²) >= 11 is 0. The van der Waals surface area contributed by atoms with Gasteiger partial charge in [0.15, 0.2) is 0 Å². The maximum Gasteiger partial charge on any atom is 0.223 e. The summed E-state index contributed by atoms with van der Waals surface area (Å²) in [6, 6.07) is 0. The molecule has 0 saturated carbocycles. The summed E-state index contributed by atoms with van der Waals surface area (Å²) < 4.78 is 5.10. The van der Waals surface area contributed by atoms with Gasteiger partial charge in [0, 0.05) is 19.2 Å². The van der Waals surface area contributed by atoms with Crippen LogP contribution in [0, 0.1) is 5.41 Å². The molecule has 110 valence electrons. The van der Waals surface area contributed by atoms with Crippen LogP contribution < -0.4 is 11.1 Å². The highest BCUT2D eigenvalue weighted by Gasteiger charge is 2.27. The number of amides is 1. The molecule has 1 atom stereocenters. The van der Waals surface area contributed by atoms with Crippen LogP contribution in [0.25, 0.3) is 0 Å². The van der Waals surface area contributed by atoms with E-state index in [1.54, 1.807) is 7.11 Å². The Morgan fingerprint density at radius 3 is 2.11 bits per heavy atom. The van der Waals surface area contributed by atoms with Crippen LogP contribution in [0.4, 0.5) is 0 Å². The van der Waals surface area contributed by atoms with Crippen LogP contribution in [0.3, 0.4) is 0 Å². The Bertz CT molecular complexity index is 246. The van der Waals surface area contributed by atoms with E-state index in [0.717, 1.165) is 6.42 Å². The van der Waals surface area contributed by atoms with Crippen molar-refractivity contribution in [1.82, 2.24) is 5.32 Å². The van der Waals surface area contributed by atoms with Crippen molar-refractivity contribution in [3.05, 3.63) is 0 Å². The van der Waals surface area contributed by atoms with Crippen LogP contribution >= 0.6 is 12.4 Å². The fourth-order valence-electron chi connectivity index (χ4n) is 2.27. The van der Waals surface area contributed by atoms with Gasteiger partial charge in [-0.25, -0.2) is 0 Å². The highest BCUT2D eigenvalue weighted by molar-refractivity contribution is 5.85. The molecule has 5 heteroatoms. The van der Waals surface area contributed by atoms with E-state index < -0.39 is 0 Å². The lowest BCUT2D eigenvalue weighted by Crippen LogP contribution is -2.47. The summed E-state index contributed by atoms with van der Waals surface area (Å²) in [5.74, 6) is -0.00319. The van der Waals surface area contributed by atoms with Crippen molar-refractivity contribution in [2.75, 3.05) is 13.7 Å². The number of nitrogens with one attached hydrogen (secondary N) is 1. The topological polar surface area (TPSA) is 64.3 Å². The number of rotatable bonds is 6. The Balaban J connectivity index is 0. The Kier molecular flexibility index (Phi) is 8.86. The minimum absolute atomic E-state index is 0. The van der Waals surface area contributed by atoms with Crippen LogP contribution in [-0.2, 0) is 9.53 Å². The van der Waals surface area contributed by atoms with Crippen LogP contribution in [0.15, 0.2) is 0 Å². The van der Waals surface area contributed by atoms with E-state index in [1.807, 2.05) is 13.8 Å². The fraction of sp³-hybridized carbons (Fsp3) is 0.923. The lowest BCUT2D eigenvalue weighted by Gasteiger charge is -2.33. The van der Waals surface area contributed by atoms with E-state index >= 15 is 0 Å². The molecule has 0 aromatic carbocycles. The molecule has 1 unspecified atom stereocenters. The molecule has 3 N–H and O–H groups in total. The third-order valence-electron chi connectivity index (χ3n) is 2.46. The zero-order valence-corrected chi connectivity index (χ0v) is 13.3. The third kappa shape index (κ3) is 9.68. The molecule has 0 aliphatic carbocycles. The van der Waals surface area contributed by atoms with Crippen LogP contribution in [0.1, 0.15) is 47.5 Å². The normalized spacial score (nSPS) is 13.7. The van der Waals surface area contributed by atoms with E-state index in [1.165, 1.54) is 0 Å². The van der Waals surface area contributed by atoms with Gasteiger partial charge in [-0.1, -0.05) is 20.8 Å². The summed E-state index contributed by atoms with van der Waals surface area (Å²) in [5, 5.41) is 3.04. The van der Waals surface area contributed by atoms with Crippen molar-refractivity contribution in [3.63, 3.8) is 0 Å². The van der Waals surface area contributed by atoms with Crippen molar-refractivity contribution in [2.45, 2.75) is 59.1 Å². The van der Waals surface area contributed by atoms with Crippen LogP contribution in [0.5, 0.6) is 0 Å². The lowest BCUT2D eigenvalue weighted by atomic mass is 9.81. The molecule has 0 saturated heterocycles. The second-order valence-electron chi connectivity index (χ2n) is 6.47. The predicted molar refractivity (Wildman–Crippen MR) is 78.0 cm³/mol. The highest BCUT2D eigenvalue weighted by atomic mass is 35.5. The molecule has 0 rings (SSSR count). The Hall–Kier alpha value is -0.320. The monoisotopic (exact) mass is 280 g/mol. The van der Waals surface area contributed by atoms with Gasteiger partial charge in [0.05, 0.1) is 12.5 Å². The number of carbonyl (C=O) groups excluding carboxylic acids is 1. The number of ether oxygens (including phenoxy) is 1. The van der Waals surface area contributed by atoms with Crippen molar-refractivity contribution in [3.8, 4) is 0 Å². The van der Waals surface area contributed by atoms with E-state index in [2.05, 4.69) is 26.1 Å². The summed E-state index contributed by atoms with van der Waals surface area (Å²) in [6.07, 6.45) is 1.05. The second-order valence-corrected chi connectivity index (χ2v) is 6.47. The van der Waals surface area contributed by atoms with Crippen LogP contribution in [0.2, 0.25) is 0 Å². The van der Waals surface area contributed by atoms with Gasteiger partial charge in [-0.05, 0) is 25.7 Å². The summed E-state index contributed by atoms with van der Waals surface area (Å²) in [6.45, 7) is 10.9. The number of halogens is 1. The summed E-state index contributed by atoms with van der Waals surface area (Å²) in [4.78, 5) is 11.8. The number of methoxy groups -OCH3 is 1. The molecule has 0 aliphatic rings. The van der Waals surface area contributed by atoms with Crippen LogP contribution in [-0.4, -0.2) is 31.2 Å². The number of carbonyl (C=O) groups is 1. The highest BCUT2D eigenvalue weighted by Crippen LogP contribution is 2.26. The maximum absolute atomic E-state index is 11.8. The Morgan fingerprint density at radius 2 is 1.78 bits per heavy atom. The molecule has 18 heavy (non-hydrogen) atoms. The first-order valence-electron chi connectivity index (χ1n) is 6.13. The van der Waals surface area contributed by atoms with Gasteiger partial charge in [0.1, 0.15) is 0 Å². The van der Waals surface area contributed by atoms with Crippen molar-refractivity contribution in [2.24, 2.45) is 11.1 Å². The summed E-state index contributed by atoms with van der Waals surface area (Å²) in [7, 11) is 1.57. The van der Waals surface area contributed by atoms with Gasteiger partial charge in [0.25, 0.3) is 0 Å². The standard InChI is InChI=1S/C13H28N2O2.ClH/c1-12(2,3)9-13(4,5)15-11(16)7-10(8-14)17-6;/h10H,7-9,14H2,1-6H3,(H,15,16);1H. The smallest absolute Gasteiger partial charge is 0.223 e. The first-order chi connectivity index (χ1) is 7.59. The van der Waals surface area contributed by atoms with Crippen molar-refractivity contribution in [1.29, 1.82) is 0 Å². The van der Waals surface area contributed by atoms with Gasteiger partial charge in [-0.3, -0.25) is 4.79 Å². The Morgan fingerprint density at radius 1 is 1.28 bits per heavy atom. The molecule has 0 aliphatic heterocycles. The number of nitrogens with two attached hydrogens (primary N) is 1. The lowest BCUT2D eigenvalue weighted by molar-refractivity contribution is -0.125. The average molecular weight is 281 g/mol. The van der Waals surface area contributed by atoms with Gasteiger partial charge in [-0.2, -0.15) is 0 Å². The fourth-order valence-corrected chi connectivity index (χ4v) is 2.27. The zero-order chi connectivity index (χ0) is 13.7. The molecule has 0 radical (unpaired) electrons. The summed E-state index contributed by atoms with van der Waals surface area (Å²) in [5.41, 5.74) is 5.47. The van der Waals surface area contributed by atoms with E-state index in [4.69, 9.17) is 10.5 Å². The van der Waals surface area contributed by atoms with Gasteiger partial charge in [-0.15, -0.1) is 12.4 Å². The van der Waals surface area contributed by atoms with E-state index in [9.17, 15) is 4.79 Å². The molecular weight excluding hydrogens is 252 g/mol. The predicted octanol–water partition coefficient (Wildman–Crippen LogP) is 2.10. The van der Waals surface area contributed by atoms with Gasteiger partial charge < -0.3 is 15.8 Å². The molecule has 0 bridgehead atoms. The first-order valence-corrected chi connectivity index (χ1v) is 6.13. The SMILES string of the molecule is COC(CN)CC(=O)NC(C)(C)CC(C)(C)C.Cl. The van der Waals surface area contributed by atoms with E-state index in [-0.39, 0.29) is 35.4 Å². The number of hydrogen-bond donors (Lipinski definition) is 2. The minimum Gasteiger partial charge on any atom is -0.380 e. The molecule has 0 fully saturated rings. The van der Waals surface area contributed by atoms with Gasteiger partial charge >= 0.3 is 0 Å². The number of hydrogen-bond acceptors (Lipinski definition) is 3. The molecular formula is C13H29ClN2O2. The molecule has 0 aromatic rings. The van der Waals surface area contributed by atoms with Crippen molar-refractivity contribution < 1.29 is 9.53 Å². The van der Waals surface area contributed by atoms with Gasteiger partial charge in [0.2, 0.25) is 5.91 Å². The molecule has 0 spiro atoms. The maximum atomic E-state index is 11.8. The molecule has 1 amide bonds. The second kappa shape index (κ2) is 7.97. The molecule has 4 nitrogen and oxygen atoms in total. The quantitative estimate of drug-likeness (QED) is 0.783.